The summed E-state index contributed by atoms with van der Waals surface area (Å²) >= 11 is 0. The molecule has 7 heteroatoms. The van der Waals surface area contributed by atoms with Crippen molar-refractivity contribution < 1.29 is 19.1 Å². The van der Waals surface area contributed by atoms with Gasteiger partial charge < -0.3 is 20.7 Å². The summed E-state index contributed by atoms with van der Waals surface area (Å²) in [6.45, 7) is 2.08. The fourth-order valence-corrected chi connectivity index (χ4v) is 3.25. The van der Waals surface area contributed by atoms with Crippen LogP contribution in [0.1, 0.15) is 51.9 Å². The second-order valence-corrected chi connectivity index (χ2v) is 7.19. The average Bonchev–Trinajstić information content (AvgIpc) is 3.48. The predicted octanol–water partition coefficient (Wildman–Crippen LogP) is 0.729. The molecule has 0 heterocycles. The van der Waals surface area contributed by atoms with Gasteiger partial charge in [0.1, 0.15) is 6.10 Å². The van der Waals surface area contributed by atoms with Gasteiger partial charge in [-0.15, -0.1) is 0 Å². The van der Waals surface area contributed by atoms with E-state index in [0.717, 1.165) is 38.5 Å². The average molecular weight is 353 g/mol. The third-order valence-corrected chi connectivity index (χ3v) is 5.16. The zero-order chi connectivity index (χ0) is 18.2. The molecule has 0 aromatic rings. The summed E-state index contributed by atoms with van der Waals surface area (Å²) in [6.07, 6.45) is 6.95. The SMILES string of the molecule is COC(C)C(=O)NCC(NC(=O)CNC(=O)C1CC1)C1CCCCC1. The first kappa shape index (κ1) is 19.7. The first-order valence-corrected chi connectivity index (χ1v) is 9.38. The minimum Gasteiger partial charge on any atom is -0.372 e. The third kappa shape index (κ3) is 6.65. The van der Waals surface area contributed by atoms with E-state index in [0.29, 0.717) is 12.5 Å². The van der Waals surface area contributed by atoms with Gasteiger partial charge in [-0.2, -0.15) is 0 Å². The number of hydrogen-bond donors (Lipinski definition) is 3. The Labute approximate surface area is 149 Å². The molecule has 2 fully saturated rings. The van der Waals surface area contributed by atoms with Crippen LogP contribution in [-0.4, -0.2) is 50.1 Å². The molecule has 2 unspecified atom stereocenters. The number of carbonyl (C=O) groups excluding carboxylic acids is 3. The van der Waals surface area contributed by atoms with Crippen molar-refractivity contribution in [3.63, 3.8) is 0 Å². The molecule has 2 aliphatic rings. The molecule has 0 bridgehead atoms. The number of carbonyl (C=O) groups is 3. The molecule has 0 aliphatic heterocycles. The molecular formula is C18H31N3O4. The summed E-state index contributed by atoms with van der Waals surface area (Å²) in [5, 5.41) is 8.55. The lowest BCUT2D eigenvalue weighted by atomic mass is 9.83. The first-order chi connectivity index (χ1) is 12.0. The lowest BCUT2D eigenvalue weighted by Gasteiger charge is -2.31. The zero-order valence-corrected chi connectivity index (χ0v) is 15.3. The Kier molecular flexibility index (Phi) is 7.68. The molecule has 0 saturated heterocycles. The molecule has 3 amide bonds. The van der Waals surface area contributed by atoms with Crippen LogP contribution in [0.3, 0.4) is 0 Å². The highest BCUT2D eigenvalue weighted by atomic mass is 16.5. The summed E-state index contributed by atoms with van der Waals surface area (Å²) in [5.74, 6) is 0.0385. The Morgan fingerprint density at radius 1 is 1.04 bits per heavy atom. The Morgan fingerprint density at radius 3 is 2.32 bits per heavy atom. The lowest BCUT2D eigenvalue weighted by Crippen LogP contribution is -2.52. The lowest BCUT2D eigenvalue weighted by molar-refractivity contribution is -0.130. The minimum absolute atomic E-state index is 0.000966. The first-order valence-electron chi connectivity index (χ1n) is 9.38. The predicted molar refractivity (Wildman–Crippen MR) is 93.7 cm³/mol. The van der Waals surface area contributed by atoms with Gasteiger partial charge in [0, 0.05) is 25.6 Å². The number of nitrogens with one attached hydrogen (secondary N) is 3. The second kappa shape index (κ2) is 9.75. The van der Waals surface area contributed by atoms with E-state index in [-0.39, 0.29) is 36.2 Å². The number of hydrogen-bond acceptors (Lipinski definition) is 4. The molecule has 25 heavy (non-hydrogen) atoms. The maximum atomic E-state index is 12.2. The molecule has 0 spiro atoms. The highest BCUT2D eigenvalue weighted by molar-refractivity contribution is 5.87. The number of rotatable bonds is 9. The summed E-state index contributed by atoms with van der Waals surface area (Å²) in [7, 11) is 1.49. The van der Waals surface area contributed by atoms with Crippen molar-refractivity contribution in [1.29, 1.82) is 0 Å². The van der Waals surface area contributed by atoms with Crippen LogP contribution in [-0.2, 0) is 19.1 Å². The molecule has 0 radical (unpaired) electrons. The number of amides is 3. The summed E-state index contributed by atoms with van der Waals surface area (Å²) in [5.41, 5.74) is 0. The van der Waals surface area contributed by atoms with Crippen LogP contribution < -0.4 is 16.0 Å². The van der Waals surface area contributed by atoms with Gasteiger partial charge in [0.05, 0.1) is 6.54 Å². The van der Waals surface area contributed by atoms with Crippen LogP contribution in [0.15, 0.2) is 0 Å². The van der Waals surface area contributed by atoms with Crippen LogP contribution in [0.5, 0.6) is 0 Å². The van der Waals surface area contributed by atoms with Crippen LogP contribution in [0.2, 0.25) is 0 Å². The van der Waals surface area contributed by atoms with Crippen LogP contribution in [0, 0.1) is 11.8 Å². The Hall–Kier alpha value is -1.63. The van der Waals surface area contributed by atoms with Crippen molar-refractivity contribution in [1.82, 2.24) is 16.0 Å². The van der Waals surface area contributed by atoms with Crippen molar-refractivity contribution in [2.45, 2.75) is 64.0 Å². The monoisotopic (exact) mass is 353 g/mol. The standard InChI is InChI=1S/C18H31N3O4/c1-12(25-2)17(23)19-10-15(13-6-4-3-5-7-13)21-16(22)11-20-18(24)14-8-9-14/h12-15H,3-11H2,1-2H3,(H,19,23)(H,20,24)(H,21,22). The number of ether oxygens (including phenoxy) is 1. The molecule has 2 saturated carbocycles. The molecule has 2 aliphatic carbocycles. The molecule has 2 atom stereocenters. The van der Waals surface area contributed by atoms with E-state index in [9.17, 15) is 14.4 Å². The van der Waals surface area contributed by atoms with Gasteiger partial charge in [0.15, 0.2) is 0 Å². The van der Waals surface area contributed by atoms with Gasteiger partial charge >= 0.3 is 0 Å². The van der Waals surface area contributed by atoms with E-state index < -0.39 is 6.10 Å². The fraction of sp³-hybridized carbons (Fsp3) is 0.833. The quantitative estimate of drug-likeness (QED) is 0.569. The van der Waals surface area contributed by atoms with E-state index in [1.54, 1.807) is 6.92 Å². The van der Waals surface area contributed by atoms with Gasteiger partial charge in [-0.05, 0) is 38.5 Å². The largest absolute Gasteiger partial charge is 0.372 e. The summed E-state index contributed by atoms with van der Waals surface area (Å²) < 4.78 is 5.02. The van der Waals surface area contributed by atoms with Crippen molar-refractivity contribution >= 4 is 17.7 Å². The van der Waals surface area contributed by atoms with Crippen LogP contribution in [0.25, 0.3) is 0 Å². The Balaban J connectivity index is 1.82. The molecule has 3 N–H and O–H groups in total. The Morgan fingerprint density at radius 2 is 1.72 bits per heavy atom. The number of methoxy groups -OCH3 is 1. The maximum absolute atomic E-state index is 12.2. The molecular weight excluding hydrogens is 322 g/mol. The van der Waals surface area contributed by atoms with Crippen molar-refractivity contribution in [3.05, 3.63) is 0 Å². The van der Waals surface area contributed by atoms with E-state index in [4.69, 9.17) is 4.74 Å². The molecule has 7 nitrogen and oxygen atoms in total. The molecule has 142 valence electrons. The minimum atomic E-state index is -0.513. The maximum Gasteiger partial charge on any atom is 0.248 e. The van der Waals surface area contributed by atoms with E-state index in [2.05, 4.69) is 16.0 Å². The second-order valence-electron chi connectivity index (χ2n) is 7.19. The van der Waals surface area contributed by atoms with Crippen molar-refractivity contribution in [2.75, 3.05) is 20.2 Å². The van der Waals surface area contributed by atoms with Gasteiger partial charge in [-0.1, -0.05) is 19.3 Å². The van der Waals surface area contributed by atoms with E-state index in [1.807, 2.05) is 0 Å². The van der Waals surface area contributed by atoms with Gasteiger partial charge in [0.2, 0.25) is 17.7 Å². The third-order valence-electron chi connectivity index (χ3n) is 5.16. The highest BCUT2D eigenvalue weighted by Gasteiger charge is 2.30. The highest BCUT2D eigenvalue weighted by Crippen LogP contribution is 2.28. The summed E-state index contributed by atoms with van der Waals surface area (Å²) in [6, 6.07) is -0.112. The molecule has 2 rings (SSSR count). The van der Waals surface area contributed by atoms with Crippen molar-refractivity contribution in [2.24, 2.45) is 11.8 Å². The van der Waals surface area contributed by atoms with E-state index >= 15 is 0 Å². The fourth-order valence-electron chi connectivity index (χ4n) is 3.25. The van der Waals surface area contributed by atoms with Crippen LogP contribution in [0.4, 0.5) is 0 Å². The molecule has 0 aromatic carbocycles. The van der Waals surface area contributed by atoms with Gasteiger partial charge in [0.25, 0.3) is 0 Å². The topological polar surface area (TPSA) is 96.5 Å². The van der Waals surface area contributed by atoms with Crippen LogP contribution >= 0.6 is 0 Å². The normalized spacial score (nSPS) is 20.4. The zero-order valence-electron chi connectivity index (χ0n) is 15.3. The Bertz CT molecular complexity index is 473. The van der Waals surface area contributed by atoms with Gasteiger partial charge in [-0.3, -0.25) is 14.4 Å². The smallest absolute Gasteiger partial charge is 0.248 e. The van der Waals surface area contributed by atoms with Crippen molar-refractivity contribution in [3.8, 4) is 0 Å². The van der Waals surface area contributed by atoms with Gasteiger partial charge in [-0.25, -0.2) is 0 Å². The summed E-state index contributed by atoms with van der Waals surface area (Å²) in [4.78, 5) is 35.8. The molecule has 0 aromatic heterocycles. The van der Waals surface area contributed by atoms with E-state index in [1.165, 1.54) is 13.5 Å².